The Labute approximate surface area is 221 Å². The van der Waals surface area contributed by atoms with Gasteiger partial charge in [-0.3, -0.25) is 14.5 Å². The first-order valence-electron chi connectivity index (χ1n) is 12.9. The quantitative estimate of drug-likeness (QED) is 0.395. The lowest BCUT2D eigenvalue weighted by Crippen LogP contribution is -2.47. The minimum atomic E-state index is -0.856. The number of hydrogen-bond donors (Lipinski definition) is 1. The SMILES string of the molecule is CCOc1ccc([C@@H](C(=O)NC2CCCCC2)N(C(=O)Cc2cccs2)c2ccc3c(c2)OCO3)cc1. The normalized spacial score (nSPS) is 15.7. The Hall–Kier alpha value is -3.52. The van der Waals surface area contributed by atoms with E-state index in [0.717, 1.165) is 36.3 Å². The van der Waals surface area contributed by atoms with Crippen LogP contribution in [0.4, 0.5) is 5.69 Å². The van der Waals surface area contributed by atoms with E-state index in [9.17, 15) is 9.59 Å². The molecule has 37 heavy (non-hydrogen) atoms. The van der Waals surface area contributed by atoms with Crippen molar-refractivity contribution in [3.05, 3.63) is 70.4 Å². The number of anilines is 1. The van der Waals surface area contributed by atoms with Gasteiger partial charge in [-0.25, -0.2) is 0 Å². The number of amides is 2. The number of thiophene rings is 1. The summed E-state index contributed by atoms with van der Waals surface area (Å²) >= 11 is 1.53. The van der Waals surface area contributed by atoms with Crippen molar-refractivity contribution in [2.75, 3.05) is 18.3 Å². The Bertz CT molecular complexity index is 1210. The molecule has 3 aromatic rings. The molecule has 8 heteroatoms. The maximum Gasteiger partial charge on any atom is 0.248 e. The fourth-order valence-electron chi connectivity index (χ4n) is 4.98. The van der Waals surface area contributed by atoms with Gasteiger partial charge in [0, 0.05) is 22.7 Å². The van der Waals surface area contributed by atoms with Gasteiger partial charge in [-0.15, -0.1) is 11.3 Å². The third-order valence-corrected chi connectivity index (χ3v) is 7.65. The summed E-state index contributed by atoms with van der Waals surface area (Å²) in [5, 5.41) is 5.21. The number of rotatable bonds is 9. The third kappa shape index (κ3) is 5.91. The molecule has 0 unspecified atom stereocenters. The van der Waals surface area contributed by atoms with E-state index in [4.69, 9.17) is 14.2 Å². The second-order valence-electron chi connectivity index (χ2n) is 9.31. The molecule has 194 valence electrons. The Morgan fingerprint density at radius 1 is 1.05 bits per heavy atom. The van der Waals surface area contributed by atoms with E-state index in [1.807, 2.05) is 54.8 Å². The van der Waals surface area contributed by atoms with Crippen LogP contribution in [-0.4, -0.2) is 31.3 Å². The van der Waals surface area contributed by atoms with Gasteiger partial charge in [0.2, 0.25) is 18.6 Å². The molecule has 0 radical (unpaired) electrons. The third-order valence-electron chi connectivity index (χ3n) is 6.77. The van der Waals surface area contributed by atoms with E-state index in [1.54, 1.807) is 17.0 Å². The van der Waals surface area contributed by atoms with E-state index >= 15 is 0 Å². The number of hydrogen-bond acceptors (Lipinski definition) is 6. The number of fused-ring (bicyclic) bond motifs is 1. The average Bonchev–Trinajstić information content (AvgIpc) is 3.60. The summed E-state index contributed by atoms with van der Waals surface area (Å²) in [7, 11) is 0. The summed E-state index contributed by atoms with van der Waals surface area (Å²) in [5.41, 5.74) is 1.30. The van der Waals surface area contributed by atoms with Crippen LogP contribution in [0, 0.1) is 0 Å². The maximum atomic E-state index is 14.0. The van der Waals surface area contributed by atoms with E-state index < -0.39 is 6.04 Å². The number of carbonyl (C=O) groups excluding carboxylic acids is 2. The summed E-state index contributed by atoms with van der Waals surface area (Å²) < 4.78 is 16.7. The summed E-state index contributed by atoms with van der Waals surface area (Å²) in [6.07, 6.45) is 5.49. The molecule has 1 saturated carbocycles. The summed E-state index contributed by atoms with van der Waals surface area (Å²) in [6, 6.07) is 15.9. The Morgan fingerprint density at radius 3 is 2.57 bits per heavy atom. The maximum absolute atomic E-state index is 14.0. The second kappa shape index (κ2) is 11.7. The zero-order valence-electron chi connectivity index (χ0n) is 21.0. The smallest absolute Gasteiger partial charge is 0.248 e. The van der Waals surface area contributed by atoms with Crippen molar-refractivity contribution in [3.63, 3.8) is 0 Å². The van der Waals surface area contributed by atoms with Crippen LogP contribution in [0.25, 0.3) is 0 Å². The van der Waals surface area contributed by atoms with Gasteiger partial charge < -0.3 is 19.5 Å². The van der Waals surface area contributed by atoms with Crippen LogP contribution in [0.5, 0.6) is 17.2 Å². The lowest BCUT2D eigenvalue weighted by atomic mass is 9.94. The monoisotopic (exact) mass is 520 g/mol. The first-order valence-corrected chi connectivity index (χ1v) is 13.8. The fourth-order valence-corrected chi connectivity index (χ4v) is 5.67. The van der Waals surface area contributed by atoms with Gasteiger partial charge in [-0.1, -0.05) is 37.5 Å². The van der Waals surface area contributed by atoms with Gasteiger partial charge in [0.05, 0.1) is 13.0 Å². The predicted octanol–water partition coefficient (Wildman–Crippen LogP) is 5.64. The predicted molar refractivity (Wildman–Crippen MR) is 143 cm³/mol. The highest BCUT2D eigenvalue weighted by Crippen LogP contribution is 2.39. The first kappa shape index (κ1) is 25.1. The van der Waals surface area contributed by atoms with Gasteiger partial charge in [0.25, 0.3) is 0 Å². The largest absolute Gasteiger partial charge is 0.494 e. The number of benzene rings is 2. The number of carbonyl (C=O) groups is 2. The number of nitrogens with one attached hydrogen (secondary N) is 1. The van der Waals surface area contributed by atoms with Crippen LogP contribution in [0.15, 0.2) is 60.0 Å². The lowest BCUT2D eigenvalue weighted by molar-refractivity contribution is -0.127. The molecule has 0 bridgehead atoms. The first-order chi connectivity index (χ1) is 18.1. The molecule has 2 heterocycles. The van der Waals surface area contributed by atoms with Crippen molar-refractivity contribution >= 4 is 28.8 Å². The standard InChI is InChI=1S/C29H32N2O5S/c1-2-34-23-13-10-20(11-14-23)28(29(33)30-21-7-4-3-5-8-21)31(27(32)18-24-9-6-16-37-24)22-12-15-25-26(17-22)36-19-35-25/h6,9-17,21,28H,2-5,7-8,18-19H2,1H3,(H,30,33)/t28-/m0/s1. The Balaban J connectivity index is 1.55. The molecule has 0 spiro atoms. The van der Waals surface area contributed by atoms with E-state index in [0.29, 0.717) is 29.4 Å². The lowest BCUT2D eigenvalue weighted by Gasteiger charge is -2.33. The zero-order valence-corrected chi connectivity index (χ0v) is 21.8. The molecule has 1 N–H and O–H groups in total. The summed E-state index contributed by atoms with van der Waals surface area (Å²) in [4.78, 5) is 30.5. The van der Waals surface area contributed by atoms with Crippen LogP contribution in [-0.2, 0) is 16.0 Å². The molecule has 5 rings (SSSR count). The van der Waals surface area contributed by atoms with Crippen molar-refractivity contribution in [2.24, 2.45) is 0 Å². The minimum absolute atomic E-state index is 0.109. The molecule has 2 amide bonds. The van der Waals surface area contributed by atoms with Gasteiger partial charge in [0.15, 0.2) is 11.5 Å². The van der Waals surface area contributed by atoms with E-state index in [1.165, 1.54) is 17.8 Å². The molecule has 7 nitrogen and oxygen atoms in total. The van der Waals surface area contributed by atoms with E-state index in [2.05, 4.69) is 5.32 Å². The fraction of sp³-hybridized carbons (Fsp3) is 0.379. The van der Waals surface area contributed by atoms with Crippen LogP contribution in [0.2, 0.25) is 0 Å². The molecule has 1 aromatic heterocycles. The van der Waals surface area contributed by atoms with Crippen LogP contribution in [0.1, 0.15) is 55.5 Å². The Kier molecular flexibility index (Phi) is 7.94. The van der Waals surface area contributed by atoms with Crippen molar-refractivity contribution < 1.29 is 23.8 Å². The van der Waals surface area contributed by atoms with Crippen molar-refractivity contribution in [1.29, 1.82) is 0 Å². The molecule has 1 aliphatic carbocycles. The molecule has 1 aliphatic heterocycles. The molecule has 1 fully saturated rings. The Morgan fingerprint density at radius 2 is 1.84 bits per heavy atom. The van der Waals surface area contributed by atoms with Crippen molar-refractivity contribution in [2.45, 2.75) is 57.5 Å². The minimum Gasteiger partial charge on any atom is -0.494 e. The van der Waals surface area contributed by atoms with Crippen LogP contribution in [0.3, 0.4) is 0 Å². The van der Waals surface area contributed by atoms with Crippen LogP contribution >= 0.6 is 11.3 Å². The number of ether oxygens (including phenoxy) is 3. The zero-order chi connectivity index (χ0) is 25.6. The molecule has 2 aliphatic rings. The second-order valence-corrected chi connectivity index (χ2v) is 10.3. The van der Waals surface area contributed by atoms with E-state index in [-0.39, 0.29) is 31.1 Å². The van der Waals surface area contributed by atoms with Gasteiger partial charge in [-0.05, 0) is 61.0 Å². The van der Waals surface area contributed by atoms with Gasteiger partial charge in [-0.2, -0.15) is 0 Å². The molecule has 0 saturated heterocycles. The highest BCUT2D eigenvalue weighted by atomic mass is 32.1. The average molecular weight is 521 g/mol. The van der Waals surface area contributed by atoms with Crippen LogP contribution < -0.4 is 24.4 Å². The van der Waals surface area contributed by atoms with Crippen molar-refractivity contribution in [1.82, 2.24) is 5.32 Å². The highest BCUT2D eigenvalue weighted by Gasteiger charge is 2.35. The topological polar surface area (TPSA) is 77.1 Å². The van der Waals surface area contributed by atoms with Gasteiger partial charge in [0.1, 0.15) is 11.8 Å². The van der Waals surface area contributed by atoms with Gasteiger partial charge >= 0.3 is 0 Å². The molecular formula is C29H32N2O5S. The highest BCUT2D eigenvalue weighted by molar-refractivity contribution is 7.10. The molecule has 1 atom stereocenters. The molecular weight excluding hydrogens is 488 g/mol. The van der Waals surface area contributed by atoms with Crippen molar-refractivity contribution in [3.8, 4) is 17.2 Å². The molecule has 2 aromatic carbocycles. The summed E-state index contributed by atoms with van der Waals surface area (Å²) in [5.74, 6) is 1.55. The summed E-state index contributed by atoms with van der Waals surface area (Å²) in [6.45, 7) is 2.61. The number of nitrogens with zero attached hydrogens (tertiary/aromatic N) is 1.